The number of benzene rings is 1. The van der Waals surface area contributed by atoms with Gasteiger partial charge in [0.1, 0.15) is 6.54 Å². The Morgan fingerprint density at radius 1 is 1.19 bits per heavy atom. The lowest BCUT2D eigenvalue weighted by Gasteiger charge is -2.11. The summed E-state index contributed by atoms with van der Waals surface area (Å²) in [4.78, 5) is 11.5. The van der Waals surface area contributed by atoms with Gasteiger partial charge < -0.3 is 4.74 Å². The average Bonchev–Trinajstić information content (AvgIpc) is 2.30. The fourth-order valence-electron chi connectivity index (χ4n) is 1.01. The molecule has 0 fully saturated rings. The molecule has 0 aliphatic heterocycles. The minimum absolute atomic E-state index is 0.174. The minimum Gasteiger partial charge on any atom is -0.423 e. The molecule has 0 amide bonds. The van der Waals surface area contributed by atoms with Crippen molar-refractivity contribution >= 4 is 83.8 Å². The van der Waals surface area contributed by atoms with E-state index in [9.17, 15) is 26.4 Å². The van der Waals surface area contributed by atoms with Crippen molar-refractivity contribution in [2.75, 3.05) is 6.54 Å². The molecule has 0 saturated carbocycles. The van der Waals surface area contributed by atoms with Crippen LogP contribution < -0.4 is 9.46 Å². The van der Waals surface area contributed by atoms with Crippen molar-refractivity contribution in [2.24, 2.45) is 0 Å². The molecule has 12 heteroatoms. The summed E-state index contributed by atoms with van der Waals surface area (Å²) in [6.45, 7) is -1.11. The first-order valence-electron chi connectivity index (χ1n) is 4.85. The molecule has 0 aliphatic rings. The Balaban J connectivity index is 2.77. The van der Waals surface area contributed by atoms with Gasteiger partial charge in [-0.3, -0.25) is 4.79 Å². The molecular weight excluding hydrogens is 656 g/mol. The monoisotopic (exact) mass is 661 g/mol. The van der Waals surface area contributed by atoms with E-state index in [1.807, 2.05) is 45.2 Å². The molecule has 0 aliphatic carbocycles. The van der Waals surface area contributed by atoms with Crippen molar-refractivity contribution in [3.05, 3.63) is 22.8 Å². The second-order valence-electron chi connectivity index (χ2n) is 3.44. The van der Waals surface area contributed by atoms with Gasteiger partial charge in [0.2, 0.25) is 0 Å². The van der Waals surface area contributed by atoms with Crippen LogP contribution in [-0.4, -0.2) is 26.4 Å². The van der Waals surface area contributed by atoms with E-state index in [2.05, 4.69) is 22.6 Å². The van der Waals surface area contributed by atoms with Crippen LogP contribution in [0.1, 0.15) is 0 Å². The zero-order valence-electron chi connectivity index (χ0n) is 9.67. The van der Waals surface area contributed by atoms with Crippen LogP contribution in [0.25, 0.3) is 0 Å². The van der Waals surface area contributed by atoms with Crippen LogP contribution >= 0.6 is 67.8 Å². The lowest BCUT2D eigenvalue weighted by atomic mass is 10.3. The van der Waals surface area contributed by atoms with E-state index in [0.717, 1.165) is 8.29 Å². The zero-order valence-corrected chi connectivity index (χ0v) is 17.0. The molecular formula is C9H5F3I3NO4S. The second-order valence-corrected chi connectivity index (χ2v) is 8.77. The molecule has 21 heavy (non-hydrogen) atoms. The fraction of sp³-hybridized carbons (Fsp3) is 0.222. The standard InChI is InChI=1S/C9H5F3I3NO4S/c10-9(11,12)21(18,19)16-3-7(17)20-8-5(14)1-4(13)2-6(8)15/h1-2,16H,3H2. The van der Waals surface area contributed by atoms with E-state index in [1.165, 1.54) is 0 Å². The highest BCUT2D eigenvalue weighted by atomic mass is 127. The summed E-state index contributed by atoms with van der Waals surface area (Å²) in [7, 11) is -5.57. The minimum atomic E-state index is -5.57. The van der Waals surface area contributed by atoms with Crippen molar-refractivity contribution in [3.63, 3.8) is 0 Å². The topological polar surface area (TPSA) is 72.5 Å². The molecule has 1 rings (SSSR count). The van der Waals surface area contributed by atoms with E-state index in [4.69, 9.17) is 4.74 Å². The lowest BCUT2D eigenvalue weighted by molar-refractivity contribution is -0.133. The molecule has 0 atom stereocenters. The maximum absolute atomic E-state index is 12.1. The molecule has 0 aromatic heterocycles. The summed E-state index contributed by atoms with van der Waals surface area (Å²) < 4.78 is 65.8. The van der Waals surface area contributed by atoms with E-state index >= 15 is 0 Å². The third kappa shape index (κ3) is 5.61. The largest absolute Gasteiger partial charge is 0.511 e. The molecule has 0 radical (unpaired) electrons. The number of nitrogens with one attached hydrogen (secondary N) is 1. The highest BCUT2D eigenvalue weighted by molar-refractivity contribution is 14.1. The summed E-state index contributed by atoms with van der Waals surface area (Å²) in [5.41, 5.74) is -5.47. The van der Waals surface area contributed by atoms with Gasteiger partial charge in [0.15, 0.2) is 5.75 Å². The van der Waals surface area contributed by atoms with E-state index in [0.29, 0.717) is 7.14 Å². The Hall–Kier alpha value is 0.580. The third-order valence-electron chi connectivity index (χ3n) is 1.89. The number of carbonyl (C=O) groups excluding carboxylic acids is 1. The quantitative estimate of drug-likeness (QED) is 0.307. The number of hydrogen-bond acceptors (Lipinski definition) is 4. The Morgan fingerprint density at radius 2 is 1.67 bits per heavy atom. The number of ether oxygens (including phenoxy) is 1. The van der Waals surface area contributed by atoms with Gasteiger partial charge in [-0.05, 0) is 79.9 Å². The molecule has 1 aromatic rings. The van der Waals surface area contributed by atoms with Crippen molar-refractivity contribution in [1.29, 1.82) is 0 Å². The summed E-state index contributed by atoms with van der Waals surface area (Å²) in [6, 6.07) is 3.40. The van der Waals surface area contributed by atoms with Crippen LogP contribution in [0.2, 0.25) is 0 Å². The molecule has 0 heterocycles. The van der Waals surface area contributed by atoms with Gasteiger partial charge in [-0.1, -0.05) is 0 Å². The number of alkyl halides is 3. The molecule has 1 aromatic carbocycles. The molecule has 0 spiro atoms. The average molecular weight is 661 g/mol. The number of sulfonamides is 1. The number of rotatable bonds is 4. The van der Waals surface area contributed by atoms with Crippen LogP contribution in [0.15, 0.2) is 12.1 Å². The van der Waals surface area contributed by atoms with Gasteiger partial charge in [-0.15, -0.1) is 0 Å². The number of carbonyl (C=O) groups is 1. The Labute approximate surface area is 158 Å². The van der Waals surface area contributed by atoms with Crippen LogP contribution in [-0.2, 0) is 14.8 Å². The van der Waals surface area contributed by atoms with Crippen LogP contribution in [0.4, 0.5) is 13.2 Å². The summed E-state index contributed by atoms with van der Waals surface area (Å²) >= 11 is 5.84. The van der Waals surface area contributed by atoms with Crippen molar-refractivity contribution < 1.29 is 31.1 Å². The smallest absolute Gasteiger partial charge is 0.423 e. The Morgan fingerprint density at radius 3 is 2.10 bits per heavy atom. The van der Waals surface area contributed by atoms with Crippen molar-refractivity contribution in [2.45, 2.75) is 5.51 Å². The molecule has 5 nitrogen and oxygen atoms in total. The van der Waals surface area contributed by atoms with Crippen LogP contribution in [0, 0.1) is 10.7 Å². The summed E-state index contributed by atoms with van der Waals surface area (Å²) in [5.74, 6) is -0.965. The predicted molar refractivity (Wildman–Crippen MR) is 93.2 cm³/mol. The van der Waals surface area contributed by atoms with Crippen molar-refractivity contribution in [3.8, 4) is 5.75 Å². The SMILES string of the molecule is O=C(CNS(=O)(=O)C(F)(F)F)Oc1c(I)cc(I)cc1I. The fourth-order valence-corrected chi connectivity index (χ4v) is 5.29. The molecule has 0 bridgehead atoms. The summed E-state index contributed by atoms with van der Waals surface area (Å²) in [5, 5.41) is 0. The Kier molecular flexibility index (Phi) is 6.95. The van der Waals surface area contributed by atoms with Crippen LogP contribution in [0.5, 0.6) is 5.75 Å². The third-order valence-corrected chi connectivity index (χ3v) is 5.25. The summed E-state index contributed by atoms with van der Waals surface area (Å²) in [6.07, 6.45) is 0. The van der Waals surface area contributed by atoms with Crippen LogP contribution in [0.3, 0.4) is 0 Å². The van der Waals surface area contributed by atoms with Gasteiger partial charge in [-0.25, -0.2) is 8.42 Å². The number of hydrogen-bond donors (Lipinski definition) is 1. The molecule has 0 saturated heterocycles. The number of halogens is 6. The van der Waals surface area contributed by atoms with Gasteiger partial charge in [-0.2, -0.15) is 17.9 Å². The molecule has 0 unspecified atom stereocenters. The van der Waals surface area contributed by atoms with Gasteiger partial charge in [0.05, 0.1) is 7.14 Å². The van der Waals surface area contributed by atoms with Gasteiger partial charge in [0, 0.05) is 3.57 Å². The first-order valence-corrected chi connectivity index (χ1v) is 9.57. The highest BCUT2D eigenvalue weighted by Crippen LogP contribution is 2.29. The maximum Gasteiger partial charge on any atom is 0.511 e. The van der Waals surface area contributed by atoms with E-state index in [1.54, 1.807) is 12.1 Å². The van der Waals surface area contributed by atoms with Crippen molar-refractivity contribution in [1.82, 2.24) is 4.72 Å². The zero-order chi connectivity index (χ0) is 16.4. The van der Waals surface area contributed by atoms with E-state index in [-0.39, 0.29) is 5.75 Å². The van der Waals surface area contributed by atoms with Gasteiger partial charge in [0.25, 0.3) is 0 Å². The maximum atomic E-state index is 12.1. The number of esters is 1. The van der Waals surface area contributed by atoms with Gasteiger partial charge >= 0.3 is 21.5 Å². The first-order chi connectivity index (χ1) is 9.44. The molecule has 118 valence electrons. The van der Waals surface area contributed by atoms with E-state index < -0.39 is 28.0 Å². The lowest BCUT2D eigenvalue weighted by Crippen LogP contribution is -2.40. The predicted octanol–water partition coefficient (Wildman–Crippen LogP) is 2.85. The Bertz CT molecular complexity index is 640. The normalized spacial score (nSPS) is 12.3. The molecule has 1 N–H and O–H groups in total. The second kappa shape index (κ2) is 7.43. The first kappa shape index (κ1) is 19.6. The highest BCUT2D eigenvalue weighted by Gasteiger charge is 2.45.